The summed E-state index contributed by atoms with van der Waals surface area (Å²) < 4.78 is 34.1. The first-order chi connectivity index (χ1) is 19.2. The molecule has 2 amide bonds. The predicted molar refractivity (Wildman–Crippen MR) is 144 cm³/mol. The Bertz CT molecular complexity index is 1260. The fraction of sp³-hybridized carbons (Fsp3) is 0.500. The van der Waals surface area contributed by atoms with Crippen LogP contribution in [-0.2, 0) is 17.9 Å². The van der Waals surface area contributed by atoms with Crippen molar-refractivity contribution in [3.05, 3.63) is 65.6 Å². The summed E-state index contributed by atoms with van der Waals surface area (Å²) in [5.74, 6) is -2.96. The SMILES string of the molecule is CC(CCCNCc1cnn2cc([C@@H](NC(=O)O)C3CCC(F)(F)CC3)nc2c1)NC(=O)OCc1ccccc1. The lowest BCUT2D eigenvalue weighted by Gasteiger charge is -2.32. The highest BCUT2D eigenvalue weighted by Gasteiger charge is 2.39. The topological polar surface area (TPSA) is 130 Å². The van der Waals surface area contributed by atoms with Gasteiger partial charge in [-0.2, -0.15) is 5.10 Å². The number of benzene rings is 1. The van der Waals surface area contributed by atoms with Crippen LogP contribution in [0.25, 0.3) is 5.65 Å². The van der Waals surface area contributed by atoms with Gasteiger partial charge < -0.3 is 25.8 Å². The molecule has 4 rings (SSSR count). The van der Waals surface area contributed by atoms with Crippen molar-refractivity contribution < 1.29 is 28.2 Å². The van der Waals surface area contributed by atoms with Crippen LogP contribution in [0, 0.1) is 5.92 Å². The Morgan fingerprint density at radius 3 is 2.65 bits per heavy atom. The van der Waals surface area contributed by atoms with E-state index >= 15 is 0 Å². The normalized spacial score (nSPS) is 16.8. The van der Waals surface area contributed by atoms with Gasteiger partial charge in [0.15, 0.2) is 5.65 Å². The monoisotopic (exact) mass is 558 g/mol. The summed E-state index contributed by atoms with van der Waals surface area (Å²) in [4.78, 5) is 28.0. The van der Waals surface area contributed by atoms with Gasteiger partial charge in [-0.25, -0.2) is 27.9 Å². The van der Waals surface area contributed by atoms with Crippen molar-refractivity contribution in [3.8, 4) is 0 Å². The maximum Gasteiger partial charge on any atom is 0.407 e. The molecule has 1 fully saturated rings. The molecule has 40 heavy (non-hydrogen) atoms. The van der Waals surface area contributed by atoms with Gasteiger partial charge in [0.25, 0.3) is 0 Å². The number of aromatic nitrogens is 3. The summed E-state index contributed by atoms with van der Waals surface area (Å²) >= 11 is 0. The third-order valence-electron chi connectivity index (χ3n) is 7.12. The molecule has 0 bridgehead atoms. The third-order valence-corrected chi connectivity index (χ3v) is 7.12. The van der Waals surface area contributed by atoms with Gasteiger partial charge in [0.1, 0.15) is 6.61 Å². The average Bonchev–Trinajstić information content (AvgIpc) is 3.34. The number of carboxylic acid groups (broad SMARTS) is 1. The van der Waals surface area contributed by atoms with Crippen LogP contribution in [0.2, 0.25) is 0 Å². The molecule has 12 heteroatoms. The Hall–Kier alpha value is -3.80. The number of imidazole rings is 1. The molecule has 2 atom stereocenters. The Morgan fingerprint density at radius 2 is 1.93 bits per heavy atom. The van der Waals surface area contributed by atoms with Crippen LogP contribution in [0.3, 0.4) is 0 Å². The van der Waals surface area contributed by atoms with Gasteiger partial charge in [-0.15, -0.1) is 0 Å². The number of nitrogens with zero attached hydrogens (tertiary/aromatic N) is 3. The van der Waals surface area contributed by atoms with E-state index in [1.165, 1.54) is 0 Å². The van der Waals surface area contributed by atoms with Crippen LogP contribution in [0.1, 0.15) is 68.3 Å². The van der Waals surface area contributed by atoms with Gasteiger partial charge in [-0.05, 0) is 62.3 Å². The second kappa shape index (κ2) is 13.5. The molecule has 0 saturated heterocycles. The zero-order valence-corrected chi connectivity index (χ0v) is 22.5. The first-order valence-electron chi connectivity index (χ1n) is 13.6. The van der Waals surface area contributed by atoms with Crippen LogP contribution in [0.5, 0.6) is 0 Å². The largest absolute Gasteiger partial charge is 0.465 e. The van der Waals surface area contributed by atoms with Crippen molar-refractivity contribution in [2.45, 2.75) is 76.6 Å². The Balaban J connectivity index is 1.22. The van der Waals surface area contributed by atoms with E-state index in [0.717, 1.165) is 30.5 Å². The minimum absolute atomic E-state index is 0.0332. The van der Waals surface area contributed by atoms with Crippen molar-refractivity contribution in [2.24, 2.45) is 5.92 Å². The van der Waals surface area contributed by atoms with E-state index in [1.54, 1.807) is 16.9 Å². The molecule has 1 saturated carbocycles. The molecular weight excluding hydrogens is 522 g/mol. The van der Waals surface area contributed by atoms with E-state index in [1.807, 2.05) is 43.3 Å². The number of rotatable bonds is 12. The predicted octanol–water partition coefficient (Wildman–Crippen LogP) is 5.05. The number of alkyl carbamates (subject to hydrolysis) is 1. The van der Waals surface area contributed by atoms with E-state index in [4.69, 9.17) is 4.74 Å². The number of nitrogens with one attached hydrogen (secondary N) is 3. The molecule has 2 aromatic heterocycles. The van der Waals surface area contributed by atoms with E-state index < -0.39 is 24.2 Å². The summed E-state index contributed by atoms with van der Waals surface area (Å²) in [6.45, 7) is 3.45. The smallest absolute Gasteiger partial charge is 0.407 e. The Labute approximate surface area is 231 Å². The van der Waals surface area contributed by atoms with Gasteiger partial charge >= 0.3 is 12.2 Å². The molecule has 0 spiro atoms. The fourth-order valence-electron chi connectivity index (χ4n) is 4.95. The molecular formula is C28H36F2N6O4. The number of hydrogen-bond acceptors (Lipinski definition) is 6. The summed E-state index contributed by atoms with van der Waals surface area (Å²) in [6.07, 6.45) is 3.24. The summed E-state index contributed by atoms with van der Waals surface area (Å²) in [7, 11) is 0. The first-order valence-corrected chi connectivity index (χ1v) is 13.6. The zero-order chi connectivity index (χ0) is 28.5. The highest BCUT2D eigenvalue weighted by atomic mass is 19.3. The zero-order valence-electron chi connectivity index (χ0n) is 22.5. The third kappa shape index (κ3) is 8.60. The molecule has 3 aromatic rings. The number of ether oxygens (including phenoxy) is 1. The fourth-order valence-corrected chi connectivity index (χ4v) is 4.95. The van der Waals surface area contributed by atoms with Crippen LogP contribution in [-0.4, -0.2) is 50.4 Å². The maximum absolute atomic E-state index is 13.6. The lowest BCUT2D eigenvalue weighted by atomic mass is 9.81. The minimum Gasteiger partial charge on any atom is -0.465 e. The van der Waals surface area contributed by atoms with Crippen molar-refractivity contribution >= 4 is 17.8 Å². The number of alkyl halides is 2. The number of carbonyl (C=O) groups is 2. The van der Waals surface area contributed by atoms with Crippen LogP contribution < -0.4 is 16.0 Å². The molecule has 1 aliphatic carbocycles. The van der Waals surface area contributed by atoms with E-state index in [9.17, 15) is 23.5 Å². The summed E-state index contributed by atoms with van der Waals surface area (Å²) in [5, 5.41) is 22.4. The number of amides is 2. The standard InChI is InChI=1S/C28H36F2N6O4/c1-19(33-27(39)40-18-20-7-3-2-4-8-20)6-5-13-31-15-21-14-24-34-23(17-36(24)32-16-21)25(35-26(37)38)22-9-11-28(29,30)12-10-22/h2-4,7-8,14,16-17,19,22,25,31,35H,5-6,9-13,15,18H2,1H3,(H,33,39)(H,37,38)/t19?,25-/m0/s1. The summed E-state index contributed by atoms with van der Waals surface area (Å²) in [5.41, 5.74) is 2.86. The first kappa shape index (κ1) is 29.2. The molecule has 10 nitrogen and oxygen atoms in total. The van der Waals surface area contributed by atoms with Crippen molar-refractivity contribution in [1.29, 1.82) is 0 Å². The number of fused-ring (bicyclic) bond motifs is 1. The van der Waals surface area contributed by atoms with Gasteiger partial charge in [0, 0.05) is 25.4 Å². The van der Waals surface area contributed by atoms with Gasteiger partial charge in [0.05, 0.1) is 24.1 Å². The lowest BCUT2D eigenvalue weighted by Crippen LogP contribution is -2.36. The second-order valence-electron chi connectivity index (χ2n) is 10.4. The van der Waals surface area contributed by atoms with Gasteiger partial charge in [0.2, 0.25) is 5.92 Å². The highest BCUT2D eigenvalue weighted by Crippen LogP contribution is 2.41. The van der Waals surface area contributed by atoms with E-state index in [2.05, 4.69) is 26.0 Å². The molecule has 216 valence electrons. The summed E-state index contributed by atoms with van der Waals surface area (Å²) in [6, 6.07) is 10.7. The highest BCUT2D eigenvalue weighted by molar-refractivity contribution is 5.67. The number of halogens is 2. The average molecular weight is 559 g/mol. The van der Waals surface area contributed by atoms with Crippen molar-refractivity contribution in [3.63, 3.8) is 0 Å². The van der Waals surface area contributed by atoms with Crippen molar-refractivity contribution in [2.75, 3.05) is 6.54 Å². The molecule has 0 radical (unpaired) electrons. The van der Waals surface area contributed by atoms with Gasteiger partial charge in [-0.1, -0.05) is 30.3 Å². The Kier molecular flexibility index (Phi) is 9.86. The van der Waals surface area contributed by atoms with Crippen LogP contribution >= 0.6 is 0 Å². The molecule has 0 aliphatic heterocycles. The molecule has 1 unspecified atom stereocenters. The van der Waals surface area contributed by atoms with Crippen LogP contribution in [0.15, 0.2) is 48.8 Å². The Morgan fingerprint density at radius 1 is 1.18 bits per heavy atom. The molecule has 2 heterocycles. The molecule has 4 N–H and O–H groups in total. The quantitative estimate of drug-likeness (QED) is 0.229. The number of carbonyl (C=O) groups excluding carboxylic acids is 1. The van der Waals surface area contributed by atoms with E-state index in [-0.39, 0.29) is 44.2 Å². The maximum atomic E-state index is 13.6. The minimum atomic E-state index is -2.70. The molecule has 1 aromatic carbocycles. The molecule has 1 aliphatic rings. The van der Waals surface area contributed by atoms with Gasteiger partial charge in [-0.3, -0.25) is 0 Å². The number of hydrogen-bond donors (Lipinski definition) is 4. The van der Waals surface area contributed by atoms with E-state index in [0.29, 0.717) is 17.9 Å². The second-order valence-corrected chi connectivity index (χ2v) is 10.4. The lowest BCUT2D eigenvalue weighted by molar-refractivity contribution is -0.0495. The van der Waals surface area contributed by atoms with Crippen molar-refractivity contribution in [1.82, 2.24) is 30.5 Å². The van der Waals surface area contributed by atoms with Crippen LogP contribution in [0.4, 0.5) is 18.4 Å².